The van der Waals surface area contributed by atoms with Crippen LogP contribution in [0.4, 0.5) is 0 Å². The van der Waals surface area contributed by atoms with E-state index < -0.39 is 102 Å². The molecule has 6 amide bonds. The molecule has 16 nitrogen and oxygen atoms in total. The maximum Gasteiger partial charge on any atom is 0.245 e. The van der Waals surface area contributed by atoms with Crippen LogP contribution in [0, 0.1) is 17.8 Å². The van der Waals surface area contributed by atoms with Gasteiger partial charge >= 0.3 is 0 Å². The van der Waals surface area contributed by atoms with Gasteiger partial charge in [-0.2, -0.15) is 0 Å². The van der Waals surface area contributed by atoms with Crippen LogP contribution in [-0.2, 0) is 28.8 Å². The summed E-state index contributed by atoms with van der Waals surface area (Å²) in [5.74, 6) is -6.53. The maximum atomic E-state index is 13.2. The van der Waals surface area contributed by atoms with E-state index in [0.717, 1.165) is 0 Å². The van der Waals surface area contributed by atoms with E-state index in [0.29, 0.717) is 0 Å². The topological polar surface area (TPSA) is 275 Å². The molecule has 0 bridgehead atoms. The van der Waals surface area contributed by atoms with Gasteiger partial charge in [-0.25, -0.2) is 0 Å². The van der Waals surface area contributed by atoms with Gasteiger partial charge in [0.25, 0.3) is 0 Å². The molecule has 0 aromatic heterocycles. The minimum absolute atomic E-state index is 0.374. The molecule has 43 heavy (non-hydrogen) atoms. The van der Waals surface area contributed by atoms with Crippen molar-refractivity contribution in [3.8, 4) is 0 Å². The van der Waals surface area contributed by atoms with Crippen molar-refractivity contribution in [1.82, 2.24) is 26.6 Å². The standard InChI is InChI=1S/C27H51N7O9/c1-10(2)17(22(29)38)30-26(42)20(14(8)36)33-25(41)19(12(5)6)32-27(43)21(15(9)37)34-24(40)18(11(3)4)31-23(39)16(28)13(7)35/h10-21,35-37H,28H2,1-9H3,(H2,29,38)(H,30,42)(H,31,39)(H,32,43)(H,33,41)(H,34,40)/t13-,14-,15-,16+,17+,18+,19+,20+,21+/m1/s1. The molecule has 9 atom stereocenters. The molecule has 0 rings (SSSR count). The van der Waals surface area contributed by atoms with Gasteiger partial charge in [0.15, 0.2) is 0 Å². The average Bonchev–Trinajstić information content (AvgIpc) is 2.87. The van der Waals surface area contributed by atoms with Crippen molar-refractivity contribution in [2.45, 2.75) is 117 Å². The number of aliphatic hydroxyl groups is 3. The molecule has 16 heteroatoms. The number of hydrogen-bond donors (Lipinski definition) is 10. The van der Waals surface area contributed by atoms with Crippen molar-refractivity contribution in [3.63, 3.8) is 0 Å². The lowest BCUT2D eigenvalue weighted by Crippen LogP contribution is -2.63. The largest absolute Gasteiger partial charge is 0.391 e. The monoisotopic (exact) mass is 617 g/mol. The molecule has 12 N–H and O–H groups in total. The summed E-state index contributed by atoms with van der Waals surface area (Å²) in [5.41, 5.74) is 11.0. The molecule has 0 unspecified atom stereocenters. The average molecular weight is 618 g/mol. The fourth-order valence-electron chi connectivity index (χ4n) is 3.89. The van der Waals surface area contributed by atoms with E-state index in [2.05, 4.69) is 26.6 Å². The van der Waals surface area contributed by atoms with E-state index in [9.17, 15) is 44.1 Å². The Morgan fingerprint density at radius 2 is 0.698 bits per heavy atom. The summed E-state index contributed by atoms with van der Waals surface area (Å²) in [7, 11) is 0. The van der Waals surface area contributed by atoms with Crippen LogP contribution in [0.3, 0.4) is 0 Å². The van der Waals surface area contributed by atoms with E-state index in [1.54, 1.807) is 41.5 Å². The molecule has 0 aliphatic carbocycles. The number of nitrogens with two attached hydrogens (primary N) is 2. The molecule has 0 spiro atoms. The van der Waals surface area contributed by atoms with E-state index in [1.165, 1.54) is 20.8 Å². The molecular weight excluding hydrogens is 566 g/mol. The zero-order chi connectivity index (χ0) is 33.9. The minimum Gasteiger partial charge on any atom is -0.391 e. The second kappa shape index (κ2) is 17.7. The predicted molar refractivity (Wildman–Crippen MR) is 156 cm³/mol. The molecular formula is C27H51N7O9. The second-order valence-electron chi connectivity index (χ2n) is 11.8. The summed E-state index contributed by atoms with van der Waals surface area (Å²) in [4.78, 5) is 76.4. The van der Waals surface area contributed by atoms with Crippen molar-refractivity contribution in [3.05, 3.63) is 0 Å². The molecule has 0 heterocycles. The van der Waals surface area contributed by atoms with Gasteiger partial charge < -0.3 is 53.4 Å². The fourth-order valence-corrected chi connectivity index (χ4v) is 3.89. The third-order valence-corrected chi connectivity index (χ3v) is 6.71. The van der Waals surface area contributed by atoms with Gasteiger partial charge in [-0.3, -0.25) is 28.8 Å². The van der Waals surface area contributed by atoms with Crippen LogP contribution >= 0.6 is 0 Å². The Bertz CT molecular complexity index is 986. The summed E-state index contributed by atoms with van der Waals surface area (Å²) < 4.78 is 0. The lowest BCUT2D eigenvalue weighted by Gasteiger charge is -2.30. The zero-order valence-electron chi connectivity index (χ0n) is 26.4. The highest BCUT2D eigenvalue weighted by Gasteiger charge is 2.37. The Morgan fingerprint density at radius 3 is 0.953 bits per heavy atom. The highest BCUT2D eigenvalue weighted by molar-refractivity contribution is 5.97. The Hall–Kier alpha value is -3.34. The first-order chi connectivity index (χ1) is 19.6. The van der Waals surface area contributed by atoms with Crippen LogP contribution in [0.1, 0.15) is 62.3 Å². The summed E-state index contributed by atoms with van der Waals surface area (Å²) in [6.07, 6.45) is -4.03. The van der Waals surface area contributed by atoms with E-state index in [1.807, 2.05) is 0 Å². The molecule has 0 radical (unpaired) electrons. The number of hydrogen-bond acceptors (Lipinski definition) is 10. The lowest BCUT2D eigenvalue weighted by molar-refractivity contribution is -0.138. The van der Waals surface area contributed by atoms with Crippen LogP contribution in [0.15, 0.2) is 0 Å². The lowest BCUT2D eigenvalue weighted by atomic mass is 9.99. The maximum absolute atomic E-state index is 13.2. The molecule has 0 aliphatic heterocycles. The highest BCUT2D eigenvalue weighted by Crippen LogP contribution is 2.09. The van der Waals surface area contributed by atoms with Gasteiger partial charge in [-0.15, -0.1) is 0 Å². The van der Waals surface area contributed by atoms with Gasteiger partial charge in [-0.1, -0.05) is 41.5 Å². The summed E-state index contributed by atoms with van der Waals surface area (Å²) in [6, 6.07) is -7.93. The molecule has 0 aromatic rings. The number of primary amides is 1. The number of amides is 6. The van der Waals surface area contributed by atoms with E-state index in [4.69, 9.17) is 11.5 Å². The Balaban J connectivity index is 5.85. The predicted octanol–water partition coefficient (Wildman–Crippen LogP) is -3.67. The third-order valence-electron chi connectivity index (χ3n) is 6.71. The van der Waals surface area contributed by atoms with Gasteiger partial charge in [0.1, 0.15) is 36.3 Å². The summed E-state index contributed by atoms with van der Waals surface area (Å²) in [6.45, 7) is 13.5. The third kappa shape index (κ3) is 12.4. The van der Waals surface area contributed by atoms with Crippen LogP contribution in [-0.4, -0.2) is 105 Å². The van der Waals surface area contributed by atoms with Crippen LogP contribution < -0.4 is 38.1 Å². The highest BCUT2D eigenvalue weighted by atomic mass is 16.3. The number of rotatable bonds is 17. The second-order valence-corrected chi connectivity index (χ2v) is 11.8. The number of carbonyl (C=O) groups is 6. The number of carbonyl (C=O) groups excluding carboxylic acids is 6. The van der Waals surface area contributed by atoms with Gasteiger partial charge in [0, 0.05) is 0 Å². The first kappa shape index (κ1) is 39.7. The first-order valence-electron chi connectivity index (χ1n) is 14.2. The number of aliphatic hydroxyl groups excluding tert-OH is 3. The van der Waals surface area contributed by atoms with E-state index >= 15 is 0 Å². The summed E-state index contributed by atoms with van der Waals surface area (Å²) in [5, 5.41) is 42.1. The van der Waals surface area contributed by atoms with Crippen LogP contribution in [0.5, 0.6) is 0 Å². The molecule has 0 aliphatic rings. The van der Waals surface area contributed by atoms with Crippen molar-refractivity contribution in [2.24, 2.45) is 29.2 Å². The fraction of sp³-hybridized carbons (Fsp3) is 0.778. The van der Waals surface area contributed by atoms with Gasteiger partial charge in [-0.05, 0) is 38.5 Å². The SMILES string of the molecule is CC(C)[C@H](NC(=O)[C@@H](NC(=O)[C@@H](NC(=O)[C@@H](NC(=O)[C@@H](NC(=O)[C@@H](N)[C@@H](C)O)C(C)C)[C@@H](C)O)C(C)C)[C@@H](C)O)C(N)=O. The molecule has 0 fully saturated rings. The smallest absolute Gasteiger partial charge is 0.245 e. The normalized spacial score (nSPS) is 17.9. The summed E-state index contributed by atoms with van der Waals surface area (Å²) >= 11 is 0. The first-order valence-corrected chi connectivity index (χ1v) is 14.2. The van der Waals surface area contributed by atoms with Gasteiger partial charge in [0.2, 0.25) is 35.4 Å². The van der Waals surface area contributed by atoms with Crippen molar-refractivity contribution < 1.29 is 44.1 Å². The molecule has 248 valence electrons. The van der Waals surface area contributed by atoms with E-state index in [-0.39, 0.29) is 5.92 Å². The molecule has 0 saturated carbocycles. The molecule has 0 aromatic carbocycles. The van der Waals surface area contributed by atoms with Crippen LogP contribution in [0.25, 0.3) is 0 Å². The van der Waals surface area contributed by atoms with Crippen molar-refractivity contribution in [2.75, 3.05) is 0 Å². The van der Waals surface area contributed by atoms with Crippen LogP contribution in [0.2, 0.25) is 0 Å². The van der Waals surface area contributed by atoms with Crippen molar-refractivity contribution in [1.29, 1.82) is 0 Å². The Labute approximate surface area is 252 Å². The zero-order valence-corrected chi connectivity index (χ0v) is 26.4. The van der Waals surface area contributed by atoms with Gasteiger partial charge in [0.05, 0.1) is 18.3 Å². The number of nitrogens with one attached hydrogen (secondary N) is 5. The Morgan fingerprint density at radius 1 is 0.442 bits per heavy atom. The van der Waals surface area contributed by atoms with Crippen molar-refractivity contribution >= 4 is 35.4 Å². The minimum atomic E-state index is -1.57. The molecule has 0 saturated heterocycles. The quantitative estimate of drug-likeness (QED) is 0.0763. The Kier molecular flexibility index (Phi) is 16.3.